The van der Waals surface area contributed by atoms with Gasteiger partial charge >= 0.3 is 0 Å². The Morgan fingerprint density at radius 3 is 2.32 bits per heavy atom. The Morgan fingerprint density at radius 2 is 1.64 bits per heavy atom. The zero-order chi connectivity index (χ0) is 19.3. The summed E-state index contributed by atoms with van der Waals surface area (Å²) in [6, 6.07) is 20.8. The average Bonchev–Trinajstić information content (AvgIpc) is 3.28. The fraction of sp³-hybridized carbons (Fsp3) is 0.0435. The molecule has 0 aliphatic heterocycles. The number of hydrogen-bond acceptors (Lipinski definition) is 3. The third-order valence-electron chi connectivity index (χ3n) is 4.41. The minimum atomic E-state index is -0.274. The lowest BCUT2D eigenvalue weighted by molar-refractivity contribution is 0.0951. The molecule has 5 heteroatoms. The van der Waals surface area contributed by atoms with Crippen LogP contribution in [0.25, 0.3) is 22.6 Å². The molecule has 4 aromatic rings. The quantitative estimate of drug-likeness (QED) is 0.532. The first-order valence-corrected chi connectivity index (χ1v) is 8.83. The number of halogens is 1. The number of carbonyl (C=O) groups excluding carboxylic acids is 1. The second-order valence-corrected chi connectivity index (χ2v) is 6.26. The number of nitrogens with zero attached hydrogens (tertiary/aromatic N) is 1. The lowest BCUT2D eigenvalue weighted by Crippen LogP contribution is -2.23. The van der Waals surface area contributed by atoms with Crippen molar-refractivity contribution in [2.75, 3.05) is 0 Å². The second kappa shape index (κ2) is 7.88. The van der Waals surface area contributed by atoms with Crippen molar-refractivity contribution in [1.82, 2.24) is 10.3 Å². The first-order valence-electron chi connectivity index (χ1n) is 8.83. The van der Waals surface area contributed by atoms with E-state index in [4.69, 9.17) is 4.42 Å². The maximum atomic E-state index is 13.1. The molecule has 4 nitrogen and oxygen atoms in total. The zero-order valence-corrected chi connectivity index (χ0v) is 14.9. The Kier molecular flexibility index (Phi) is 4.97. The van der Waals surface area contributed by atoms with Gasteiger partial charge < -0.3 is 9.73 Å². The van der Waals surface area contributed by atoms with E-state index in [1.54, 1.807) is 42.8 Å². The molecule has 0 unspecified atom stereocenters. The fourth-order valence-corrected chi connectivity index (χ4v) is 2.95. The van der Waals surface area contributed by atoms with Crippen molar-refractivity contribution in [3.8, 4) is 22.6 Å². The predicted octanol–water partition coefficient (Wildman–Crippen LogP) is 5.08. The monoisotopic (exact) mass is 372 g/mol. The number of amides is 1. The summed E-state index contributed by atoms with van der Waals surface area (Å²) in [6.07, 6.45) is 3.28. The van der Waals surface area contributed by atoms with E-state index in [0.717, 1.165) is 16.7 Å². The topological polar surface area (TPSA) is 55.1 Å². The molecule has 0 bridgehead atoms. The highest BCUT2D eigenvalue weighted by molar-refractivity contribution is 5.94. The van der Waals surface area contributed by atoms with Crippen molar-refractivity contribution < 1.29 is 13.6 Å². The van der Waals surface area contributed by atoms with E-state index in [1.165, 1.54) is 12.1 Å². The zero-order valence-electron chi connectivity index (χ0n) is 14.9. The van der Waals surface area contributed by atoms with E-state index < -0.39 is 0 Å². The molecule has 0 saturated heterocycles. The number of nitrogens with one attached hydrogen (secondary N) is 1. The molecular formula is C23H17FN2O2. The van der Waals surface area contributed by atoms with Crippen LogP contribution >= 0.6 is 0 Å². The molecule has 1 N–H and O–H groups in total. The molecule has 0 spiro atoms. The minimum absolute atomic E-state index is 0.181. The van der Waals surface area contributed by atoms with Gasteiger partial charge in [-0.05, 0) is 53.6 Å². The van der Waals surface area contributed by atoms with Crippen LogP contribution in [0.5, 0.6) is 0 Å². The van der Waals surface area contributed by atoms with Gasteiger partial charge in [-0.15, -0.1) is 0 Å². The van der Waals surface area contributed by atoms with Gasteiger partial charge in [0.25, 0.3) is 5.91 Å². The van der Waals surface area contributed by atoms with Crippen LogP contribution in [0.4, 0.5) is 4.39 Å². The van der Waals surface area contributed by atoms with Crippen LogP contribution in [-0.4, -0.2) is 10.9 Å². The van der Waals surface area contributed by atoms with Crippen LogP contribution in [-0.2, 0) is 6.54 Å². The molecule has 2 heterocycles. The molecule has 0 fully saturated rings. The highest BCUT2D eigenvalue weighted by Crippen LogP contribution is 2.22. The first kappa shape index (κ1) is 17.7. The van der Waals surface area contributed by atoms with Crippen molar-refractivity contribution in [2.45, 2.75) is 6.54 Å². The SMILES string of the molecule is O=C(NCc1cccnc1-c1ccco1)c1ccc(-c2ccc(F)cc2)cc1. The van der Waals surface area contributed by atoms with Crippen LogP contribution in [0.1, 0.15) is 15.9 Å². The molecule has 138 valence electrons. The molecular weight excluding hydrogens is 355 g/mol. The molecule has 0 atom stereocenters. The molecule has 28 heavy (non-hydrogen) atoms. The largest absolute Gasteiger partial charge is 0.463 e. The fourth-order valence-electron chi connectivity index (χ4n) is 2.95. The van der Waals surface area contributed by atoms with E-state index in [2.05, 4.69) is 10.3 Å². The van der Waals surface area contributed by atoms with Crippen LogP contribution in [0.2, 0.25) is 0 Å². The maximum Gasteiger partial charge on any atom is 0.251 e. The molecule has 2 aromatic carbocycles. The van der Waals surface area contributed by atoms with Crippen LogP contribution in [0.15, 0.2) is 89.7 Å². The molecule has 0 aliphatic rings. The van der Waals surface area contributed by atoms with E-state index in [1.807, 2.05) is 30.3 Å². The van der Waals surface area contributed by atoms with Gasteiger partial charge in [-0.1, -0.05) is 30.3 Å². The summed E-state index contributed by atoms with van der Waals surface area (Å²) in [7, 11) is 0. The van der Waals surface area contributed by atoms with Gasteiger partial charge in [-0.3, -0.25) is 9.78 Å². The lowest BCUT2D eigenvalue weighted by atomic mass is 10.0. The smallest absolute Gasteiger partial charge is 0.251 e. The lowest BCUT2D eigenvalue weighted by Gasteiger charge is -2.09. The number of benzene rings is 2. The third kappa shape index (κ3) is 3.83. The van der Waals surface area contributed by atoms with E-state index in [-0.39, 0.29) is 11.7 Å². The standard InChI is InChI=1S/C23H17FN2O2/c24-20-11-9-17(10-12-20)16-5-7-18(8-6-16)23(27)26-15-19-3-1-13-25-22(19)21-4-2-14-28-21/h1-14H,15H2,(H,26,27). The first-order chi connectivity index (χ1) is 13.7. The van der Waals surface area contributed by atoms with Gasteiger partial charge in [0.1, 0.15) is 11.5 Å². The number of rotatable bonds is 5. The molecule has 0 saturated carbocycles. The normalized spacial score (nSPS) is 10.6. The Morgan fingerprint density at radius 1 is 0.929 bits per heavy atom. The molecule has 0 radical (unpaired) electrons. The van der Waals surface area contributed by atoms with Gasteiger partial charge in [0.2, 0.25) is 0 Å². The van der Waals surface area contributed by atoms with E-state index in [0.29, 0.717) is 23.6 Å². The minimum Gasteiger partial charge on any atom is -0.463 e. The van der Waals surface area contributed by atoms with Crippen molar-refractivity contribution in [1.29, 1.82) is 0 Å². The summed E-state index contributed by atoms with van der Waals surface area (Å²) in [5.74, 6) is 0.206. The summed E-state index contributed by atoms with van der Waals surface area (Å²) in [6.45, 7) is 0.336. The molecule has 1 amide bonds. The van der Waals surface area contributed by atoms with Crippen molar-refractivity contribution in [3.05, 3.63) is 102 Å². The van der Waals surface area contributed by atoms with Crippen LogP contribution in [0.3, 0.4) is 0 Å². The Hall–Kier alpha value is -3.73. The Balaban J connectivity index is 1.46. The summed E-state index contributed by atoms with van der Waals surface area (Å²) < 4.78 is 18.5. The molecule has 2 aromatic heterocycles. The van der Waals surface area contributed by atoms with Gasteiger partial charge in [0.05, 0.1) is 6.26 Å². The second-order valence-electron chi connectivity index (χ2n) is 6.26. The number of carbonyl (C=O) groups is 1. The van der Waals surface area contributed by atoms with Gasteiger partial charge in [0, 0.05) is 23.9 Å². The average molecular weight is 372 g/mol. The number of hydrogen-bond donors (Lipinski definition) is 1. The van der Waals surface area contributed by atoms with Crippen molar-refractivity contribution in [3.63, 3.8) is 0 Å². The number of furan rings is 1. The number of pyridine rings is 1. The predicted molar refractivity (Wildman–Crippen MR) is 105 cm³/mol. The highest BCUT2D eigenvalue weighted by atomic mass is 19.1. The highest BCUT2D eigenvalue weighted by Gasteiger charge is 2.11. The van der Waals surface area contributed by atoms with E-state index >= 15 is 0 Å². The van der Waals surface area contributed by atoms with Gasteiger partial charge in [-0.2, -0.15) is 0 Å². The summed E-state index contributed by atoms with van der Waals surface area (Å²) >= 11 is 0. The molecule has 0 aliphatic carbocycles. The summed E-state index contributed by atoms with van der Waals surface area (Å²) in [5, 5.41) is 2.91. The van der Waals surface area contributed by atoms with Gasteiger partial charge in [0.15, 0.2) is 5.76 Å². The third-order valence-corrected chi connectivity index (χ3v) is 4.41. The Bertz CT molecular complexity index is 1070. The number of aromatic nitrogens is 1. The Labute approximate surface area is 161 Å². The van der Waals surface area contributed by atoms with Gasteiger partial charge in [-0.25, -0.2) is 4.39 Å². The molecule has 4 rings (SSSR count). The van der Waals surface area contributed by atoms with Crippen LogP contribution < -0.4 is 5.32 Å². The maximum absolute atomic E-state index is 13.1. The summed E-state index contributed by atoms with van der Waals surface area (Å²) in [5.41, 5.74) is 3.94. The van der Waals surface area contributed by atoms with E-state index in [9.17, 15) is 9.18 Å². The summed E-state index contributed by atoms with van der Waals surface area (Å²) in [4.78, 5) is 16.9. The van der Waals surface area contributed by atoms with Crippen molar-refractivity contribution >= 4 is 5.91 Å². The van der Waals surface area contributed by atoms with Crippen molar-refractivity contribution in [2.24, 2.45) is 0 Å². The van der Waals surface area contributed by atoms with Crippen LogP contribution in [0, 0.1) is 5.82 Å².